The lowest BCUT2D eigenvalue weighted by atomic mass is 10.0. The molecule has 0 aliphatic carbocycles. The Bertz CT molecular complexity index is 651. The van der Waals surface area contributed by atoms with Crippen LogP contribution in [0, 0.1) is 0 Å². The van der Waals surface area contributed by atoms with Crippen molar-refractivity contribution in [3.8, 4) is 0 Å². The van der Waals surface area contributed by atoms with E-state index in [1.165, 1.54) is 0 Å². The smallest absolute Gasteiger partial charge is 0.128 e. The zero-order valence-corrected chi connectivity index (χ0v) is 13.7. The van der Waals surface area contributed by atoms with Gasteiger partial charge < -0.3 is 9.80 Å². The lowest BCUT2D eigenvalue weighted by molar-refractivity contribution is 0.157. The first-order valence-electron chi connectivity index (χ1n) is 8.06. The van der Waals surface area contributed by atoms with Crippen LogP contribution in [-0.4, -0.2) is 60.2 Å². The van der Waals surface area contributed by atoms with Gasteiger partial charge >= 0.3 is 0 Å². The Kier molecular flexibility index (Phi) is 4.06. The molecule has 0 atom stereocenters. The molecule has 120 valence electrons. The zero-order valence-electron chi connectivity index (χ0n) is 13.0. The third-order valence-corrected chi connectivity index (χ3v) is 5.05. The molecular formula is C17H20ClN5. The van der Waals surface area contributed by atoms with E-state index < -0.39 is 0 Å². The molecule has 6 heteroatoms. The minimum Gasteiger partial charge on any atom is -0.367 e. The van der Waals surface area contributed by atoms with E-state index in [0.717, 1.165) is 55.8 Å². The highest BCUT2D eigenvalue weighted by atomic mass is 35.5. The van der Waals surface area contributed by atoms with Crippen LogP contribution >= 0.6 is 11.6 Å². The molecule has 0 amide bonds. The van der Waals surface area contributed by atoms with Crippen LogP contribution < -0.4 is 9.80 Å². The molecular weight excluding hydrogens is 310 g/mol. The summed E-state index contributed by atoms with van der Waals surface area (Å²) in [5, 5.41) is 0.742. The van der Waals surface area contributed by atoms with E-state index in [1.807, 2.05) is 18.3 Å². The van der Waals surface area contributed by atoms with E-state index in [1.54, 1.807) is 12.4 Å². The highest BCUT2D eigenvalue weighted by Crippen LogP contribution is 2.30. The van der Waals surface area contributed by atoms with Gasteiger partial charge in [0.15, 0.2) is 0 Å². The van der Waals surface area contributed by atoms with Crippen LogP contribution in [0.3, 0.4) is 0 Å². The van der Waals surface area contributed by atoms with Gasteiger partial charge in [0.1, 0.15) is 5.82 Å². The Morgan fingerprint density at radius 3 is 2.48 bits per heavy atom. The number of nitrogens with zero attached hydrogens (tertiary/aromatic N) is 5. The van der Waals surface area contributed by atoms with E-state index >= 15 is 0 Å². The first-order valence-corrected chi connectivity index (χ1v) is 8.43. The van der Waals surface area contributed by atoms with Crippen LogP contribution in [0.5, 0.6) is 0 Å². The molecule has 0 unspecified atom stereocenters. The Balaban J connectivity index is 1.30. The molecule has 0 bridgehead atoms. The number of anilines is 2. The van der Waals surface area contributed by atoms with Gasteiger partial charge in [-0.25, -0.2) is 4.98 Å². The van der Waals surface area contributed by atoms with Gasteiger partial charge in [-0.2, -0.15) is 0 Å². The molecule has 4 heterocycles. The maximum Gasteiger partial charge on any atom is 0.128 e. The maximum atomic E-state index is 6.22. The predicted octanol–water partition coefficient (Wildman–Crippen LogP) is 2.14. The molecule has 4 rings (SSSR count). The predicted molar refractivity (Wildman–Crippen MR) is 93.3 cm³/mol. The monoisotopic (exact) mass is 329 g/mol. The van der Waals surface area contributed by atoms with Gasteiger partial charge in [-0.1, -0.05) is 17.7 Å². The highest BCUT2D eigenvalue weighted by Gasteiger charge is 2.34. The average Bonchev–Trinajstić information content (AvgIpc) is 2.57. The van der Waals surface area contributed by atoms with Gasteiger partial charge in [0.2, 0.25) is 0 Å². The molecule has 0 aromatic carbocycles. The molecule has 2 aliphatic rings. The van der Waals surface area contributed by atoms with Crippen molar-refractivity contribution >= 4 is 23.1 Å². The fraction of sp³-hybridized carbons (Fsp3) is 0.412. The van der Waals surface area contributed by atoms with E-state index in [-0.39, 0.29) is 0 Å². The normalized spacial score (nSPS) is 19.7. The van der Waals surface area contributed by atoms with Gasteiger partial charge in [-0.15, -0.1) is 0 Å². The molecule has 5 nitrogen and oxygen atoms in total. The summed E-state index contributed by atoms with van der Waals surface area (Å²) in [6, 6.07) is 8.73. The van der Waals surface area contributed by atoms with Crippen molar-refractivity contribution < 1.29 is 0 Å². The minimum absolute atomic E-state index is 0.630. The first kappa shape index (κ1) is 14.7. The van der Waals surface area contributed by atoms with Crippen molar-refractivity contribution in [2.24, 2.45) is 0 Å². The minimum atomic E-state index is 0.630. The van der Waals surface area contributed by atoms with Crippen LogP contribution in [0.4, 0.5) is 11.5 Å². The van der Waals surface area contributed by atoms with Crippen molar-refractivity contribution in [2.75, 3.05) is 49.1 Å². The van der Waals surface area contributed by atoms with Crippen LogP contribution in [0.1, 0.15) is 0 Å². The quantitative estimate of drug-likeness (QED) is 0.862. The van der Waals surface area contributed by atoms with Crippen molar-refractivity contribution in [3.05, 3.63) is 47.9 Å². The summed E-state index contributed by atoms with van der Waals surface area (Å²) in [7, 11) is 0. The van der Waals surface area contributed by atoms with Crippen molar-refractivity contribution in [3.63, 3.8) is 0 Å². The van der Waals surface area contributed by atoms with Crippen LogP contribution in [0.2, 0.25) is 5.02 Å². The Labute approximate surface area is 141 Å². The third-order valence-electron chi connectivity index (χ3n) is 4.76. The second-order valence-corrected chi connectivity index (χ2v) is 6.50. The van der Waals surface area contributed by atoms with Gasteiger partial charge in [-0.05, 0) is 18.2 Å². The Morgan fingerprint density at radius 2 is 1.78 bits per heavy atom. The summed E-state index contributed by atoms with van der Waals surface area (Å²) in [4.78, 5) is 15.8. The topological polar surface area (TPSA) is 35.5 Å². The molecule has 0 saturated carbocycles. The molecule has 0 spiro atoms. The molecule has 2 aliphatic heterocycles. The summed E-state index contributed by atoms with van der Waals surface area (Å²) in [6.07, 6.45) is 5.39. The summed E-state index contributed by atoms with van der Waals surface area (Å²) in [6.45, 7) is 6.38. The third kappa shape index (κ3) is 2.99. The summed E-state index contributed by atoms with van der Waals surface area (Å²) in [5.41, 5.74) is 1.10. The second kappa shape index (κ2) is 6.34. The van der Waals surface area contributed by atoms with Crippen LogP contribution in [0.15, 0.2) is 42.9 Å². The van der Waals surface area contributed by atoms with Gasteiger partial charge in [0, 0.05) is 63.9 Å². The standard InChI is InChI=1S/C17H20ClN5/c18-15-11-19-6-4-16(15)23-12-14(13-23)21-7-9-22(10-8-21)17-3-1-2-5-20-17/h1-6,11,14H,7-10,12-13H2. The molecule has 0 N–H and O–H groups in total. The number of halogens is 1. The highest BCUT2D eigenvalue weighted by molar-refractivity contribution is 6.33. The van der Waals surface area contributed by atoms with Gasteiger partial charge in [-0.3, -0.25) is 9.88 Å². The molecule has 2 aromatic heterocycles. The number of pyridine rings is 2. The Morgan fingerprint density at radius 1 is 0.957 bits per heavy atom. The largest absolute Gasteiger partial charge is 0.367 e. The summed E-state index contributed by atoms with van der Waals surface area (Å²) < 4.78 is 0. The van der Waals surface area contributed by atoms with E-state index in [2.05, 4.69) is 36.8 Å². The van der Waals surface area contributed by atoms with Crippen molar-refractivity contribution in [2.45, 2.75) is 6.04 Å². The molecule has 23 heavy (non-hydrogen) atoms. The number of hydrogen-bond donors (Lipinski definition) is 0. The molecule has 0 radical (unpaired) electrons. The molecule has 2 saturated heterocycles. The van der Waals surface area contributed by atoms with Gasteiger partial charge in [0.05, 0.1) is 10.7 Å². The van der Waals surface area contributed by atoms with E-state index in [0.29, 0.717) is 6.04 Å². The second-order valence-electron chi connectivity index (χ2n) is 6.10. The summed E-state index contributed by atoms with van der Waals surface area (Å²) >= 11 is 6.22. The van der Waals surface area contributed by atoms with E-state index in [4.69, 9.17) is 11.6 Å². The number of aromatic nitrogens is 2. The van der Waals surface area contributed by atoms with E-state index in [9.17, 15) is 0 Å². The average molecular weight is 330 g/mol. The maximum absolute atomic E-state index is 6.22. The Hall–Kier alpha value is -1.85. The number of piperazine rings is 1. The number of hydrogen-bond acceptors (Lipinski definition) is 5. The lowest BCUT2D eigenvalue weighted by Crippen LogP contribution is -2.63. The fourth-order valence-electron chi connectivity index (χ4n) is 3.36. The molecule has 2 fully saturated rings. The lowest BCUT2D eigenvalue weighted by Gasteiger charge is -2.49. The fourth-order valence-corrected chi connectivity index (χ4v) is 3.60. The number of rotatable bonds is 3. The van der Waals surface area contributed by atoms with Crippen molar-refractivity contribution in [1.82, 2.24) is 14.9 Å². The SMILES string of the molecule is Clc1cnccc1N1CC(N2CCN(c3ccccn3)CC2)C1. The zero-order chi connectivity index (χ0) is 15.6. The van der Waals surface area contributed by atoms with Crippen LogP contribution in [-0.2, 0) is 0 Å². The van der Waals surface area contributed by atoms with Crippen LogP contribution in [0.25, 0.3) is 0 Å². The molecule has 2 aromatic rings. The summed E-state index contributed by atoms with van der Waals surface area (Å²) in [5.74, 6) is 1.09. The van der Waals surface area contributed by atoms with Gasteiger partial charge in [0.25, 0.3) is 0 Å². The first-order chi connectivity index (χ1) is 11.3. The van der Waals surface area contributed by atoms with Crippen molar-refractivity contribution in [1.29, 1.82) is 0 Å².